The maximum absolute atomic E-state index is 13.0. The van der Waals surface area contributed by atoms with Crippen LogP contribution in [0.4, 0.5) is 5.69 Å². The predicted molar refractivity (Wildman–Crippen MR) is 109 cm³/mol. The average molecular weight is 384 g/mol. The van der Waals surface area contributed by atoms with Gasteiger partial charge in [0.1, 0.15) is 17.1 Å². The summed E-state index contributed by atoms with van der Waals surface area (Å²) < 4.78 is 5.48. The van der Waals surface area contributed by atoms with Crippen molar-refractivity contribution in [3.8, 4) is 5.75 Å². The molecule has 1 amide bonds. The van der Waals surface area contributed by atoms with Gasteiger partial charge in [-0.3, -0.25) is 4.79 Å². The van der Waals surface area contributed by atoms with E-state index >= 15 is 0 Å². The number of hydrogen-bond donors (Lipinski definition) is 1. The molecule has 1 fully saturated rings. The number of aryl methyl sites for hydroxylation is 1. The zero-order chi connectivity index (χ0) is 20.3. The van der Waals surface area contributed by atoms with E-state index in [2.05, 4.69) is 11.8 Å². The Balaban J connectivity index is 1.72. The lowest BCUT2D eigenvalue weighted by Crippen LogP contribution is -2.49. The van der Waals surface area contributed by atoms with E-state index in [1.807, 2.05) is 19.1 Å². The highest BCUT2D eigenvalue weighted by Crippen LogP contribution is 2.23. The van der Waals surface area contributed by atoms with E-state index in [9.17, 15) is 14.7 Å². The van der Waals surface area contributed by atoms with Gasteiger partial charge in [0, 0.05) is 43.9 Å². The molecule has 0 aliphatic carbocycles. The second-order valence-electron chi connectivity index (χ2n) is 7.48. The predicted octanol–water partition coefficient (Wildman–Crippen LogP) is 3.52. The minimum Gasteiger partial charge on any atom is -0.508 e. The fourth-order valence-electron chi connectivity index (χ4n) is 3.72. The van der Waals surface area contributed by atoms with Gasteiger partial charge >= 0.3 is 5.63 Å². The second-order valence-corrected chi connectivity index (χ2v) is 7.48. The van der Waals surface area contributed by atoms with Crippen molar-refractivity contribution in [2.75, 3.05) is 31.1 Å². The van der Waals surface area contributed by atoms with Gasteiger partial charge in [-0.15, -0.1) is 0 Å². The van der Waals surface area contributed by atoms with Crippen LogP contribution in [0.25, 0.3) is 0 Å². The minimum atomic E-state index is -0.543. The third-order valence-corrected chi connectivity index (χ3v) is 5.35. The highest BCUT2D eigenvalue weighted by molar-refractivity contribution is 5.95. The molecule has 1 aliphatic rings. The van der Waals surface area contributed by atoms with Crippen LogP contribution in [-0.2, 0) is 0 Å². The van der Waals surface area contributed by atoms with Gasteiger partial charge in [0.15, 0.2) is 0 Å². The normalized spacial score (nSPS) is 15.5. The molecule has 0 radical (unpaired) electrons. The van der Waals surface area contributed by atoms with Crippen LogP contribution >= 0.6 is 0 Å². The molecule has 1 aliphatic heterocycles. The lowest BCUT2D eigenvalue weighted by Gasteiger charge is -2.36. The van der Waals surface area contributed by atoms with Gasteiger partial charge in [-0.1, -0.05) is 26.3 Å². The van der Waals surface area contributed by atoms with Crippen LogP contribution in [0.15, 0.2) is 39.5 Å². The minimum absolute atomic E-state index is 0.137. The maximum atomic E-state index is 13.0. The smallest absolute Gasteiger partial charge is 0.349 e. The fourth-order valence-corrected chi connectivity index (χ4v) is 3.72. The number of phenolic OH excluding ortho intramolecular Hbond substituents is 1. The number of aromatic hydroxyl groups is 1. The Kier molecular flexibility index (Phi) is 6.07. The molecule has 1 aromatic carbocycles. The second kappa shape index (κ2) is 8.50. The van der Waals surface area contributed by atoms with Gasteiger partial charge in [-0.25, -0.2) is 4.79 Å². The Morgan fingerprint density at radius 2 is 1.93 bits per heavy atom. The van der Waals surface area contributed by atoms with Gasteiger partial charge in [-0.05, 0) is 37.1 Å². The highest BCUT2D eigenvalue weighted by atomic mass is 16.4. The third kappa shape index (κ3) is 4.21. The van der Waals surface area contributed by atoms with E-state index in [1.165, 1.54) is 0 Å². The first-order valence-corrected chi connectivity index (χ1v) is 9.88. The number of nitrogens with zero attached hydrogens (tertiary/aromatic N) is 2. The van der Waals surface area contributed by atoms with Crippen molar-refractivity contribution in [2.45, 2.75) is 39.5 Å². The van der Waals surface area contributed by atoms with Gasteiger partial charge in [0.05, 0.1) is 0 Å². The summed E-state index contributed by atoms with van der Waals surface area (Å²) in [5.41, 5.74) is 1.20. The summed E-state index contributed by atoms with van der Waals surface area (Å²) in [4.78, 5) is 29.3. The topological polar surface area (TPSA) is 74.0 Å². The highest BCUT2D eigenvalue weighted by Gasteiger charge is 2.27. The summed E-state index contributed by atoms with van der Waals surface area (Å²) in [6.45, 7) is 8.24. The average Bonchev–Trinajstić information content (AvgIpc) is 2.67. The van der Waals surface area contributed by atoms with Gasteiger partial charge in [-0.2, -0.15) is 0 Å². The summed E-state index contributed by atoms with van der Waals surface area (Å²) in [5, 5.41) is 9.65. The molecule has 3 rings (SSSR count). The number of carbonyl (C=O) groups is 1. The lowest BCUT2D eigenvalue weighted by molar-refractivity contribution is 0.0740. The summed E-state index contributed by atoms with van der Waals surface area (Å²) in [7, 11) is 0. The maximum Gasteiger partial charge on any atom is 0.349 e. The summed E-state index contributed by atoms with van der Waals surface area (Å²) in [5.74, 6) is 0.763. The standard InChI is InChI=1S/C22H28N2O4/c1-4-6-15(2)19-13-16(3)20(22(27)28-19)21(26)24-11-9-23(10-12-24)17-7-5-8-18(25)14-17/h5,7-8,13-15,25H,4,6,9-12H2,1-3H3. The Hall–Kier alpha value is -2.76. The molecule has 150 valence electrons. The van der Waals surface area contributed by atoms with Crippen molar-refractivity contribution in [2.24, 2.45) is 0 Å². The molecule has 28 heavy (non-hydrogen) atoms. The van der Waals surface area contributed by atoms with Crippen LogP contribution in [0.5, 0.6) is 5.75 Å². The quantitative estimate of drug-likeness (QED) is 0.854. The largest absolute Gasteiger partial charge is 0.508 e. The fraction of sp³-hybridized carbons (Fsp3) is 0.455. The lowest BCUT2D eigenvalue weighted by atomic mass is 10.00. The van der Waals surface area contributed by atoms with Crippen LogP contribution in [0.1, 0.15) is 54.3 Å². The summed E-state index contributed by atoms with van der Waals surface area (Å²) >= 11 is 0. The number of amides is 1. The monoisotopic (exact) mass is 384 g/mol. The molecule has 1 N–H and O–H groups in total. The van der Waals surface area contributed by atoms with Crippen molar-refractivity contribution in [3.63, 3.8) is 0 Å². The number of anilines is 1. The molecule has 1 unspecified atom stereocenters. The molecule has 1 aromatic heterocycles. The number of rotatable bonds is 5. The Bertz CT molecular complexity index is 898. The molecule has 6 nitrogen and oxygen atoms in total. The number of benzene rings is 1. The SMILES string of the molecule is CCCC(C)c1cc(C)c(C(=O)N2CCN(c3cccc(O)c3)CC2)c(=O)o1. The van der Waals surface area contributed by atoms with Crippen LogP contribution < -0.4 is 10.5 Å². The summed E-state index contributed by atoms with van der Waals surface area (Å²) in [6.07, 6.45) is 1.95. The summed E-state index contributed by atoms with van der Waals surface area (Å²) in [6, 6.07) is 8.92. The molecular weight excluding hydrogens is 356 g/mol. The Labute approximate surface area is 165 Å². The zero-order valence-electron chi connectivity index (χ0n) is 16.8. The molecule has 2 heterocycles. The van der Waals surface area contributed by atoms with Crippen molar-refractivity contribution in [1.29, 1.82) is 0 Å². The molecule has 0 saturated carbocycles. The van der Waals surface area contributed by atoms with Crippen LogP contribution in [0.2, 0.25) is 0 Å². The molecular formula is C22H28N2O4. The van der Waals surface area contributed by atoms with Crippen molar-refractivity contribution < 1.29 is 14.3 Å². The van der Waals surface area contributed by atoms with Crippen molar-refractivity contribution in [1.82, 2.24) is 4.90 Å². The van der Waals surface area contributed by atoms with E-state index in [1.54, 1.807) is 30.0 Å². The van der Waals surface area contributed by atoms with Crippen molar-refractivity contribution >= 4 is 11.6 Å². The third-order valence-electron chi connectivity index (χ3n) is 5.35. The molecule has 0 spiro atoms. The van der Waals surface area contributed by atoms with Crippen LogP contribution in [0, 0.1) is 6.92 Å². The molecule has 0 bridgehead atoms. The first-order chi connectivity index (χ1) is 13.4. The van der Waals surface area contributed by atoms with Gasteiger partial charge < -0.3 is 19.3 Å². The van der Waals surface area contributed by atoms with Gasteiger partial charge in [0.25, 0.3) is 5.91 Å². The van der Waals surface area contributed by atoms with Gasteiger partial charge in [0.2, 0.25) is 0 Å². The number of carbonyl (C=O) groups excluding carboxylic acids is 1. The molecule has 6 heteroatoms. The zero-order valence-corrected chi connectivity index (χ0v) is 16.8. The number of phenols is 1. The molecule has 1 saturated heterocycles. The number of piperazine rings is 1. The molecule has 2 aromatic rings. The van der Waals surface area contributed by atoms with E-state index < -0.39 is 5.63 Å². The first kappa shape index (κ1) is 20.0. The van der Waals surface area contributed by atoms with Crippen LogP contribution in [0.3, 0.4) is 0 Å². The van der Waals surface area contributed by atoms with E-state index in [4.69, 9.17) is 4.42 Å². The Morgan fingerprint density at radius 1 is 1.21 bits per heavy atom. The van der Waals surface area contributed by atoms with Crippen LogP contribution in [-0.4, -0.2) is 42.1 Å². The van der Waals surface area contributed by atoms with E-state index in [0.717, 1.165) is 18.5 Å². The van der Waals surface area contributed by atoms with E-state index in [0.29, 0.717) is 37.5 Å². The number of hydrogen-bond acceptors (Lipinski definition) is 5. The first-order valence-electron chi connectivity index (χ1n) is 9.88. The van der Waals surface area contributed by atoms with E-state index in [-0.39, 0.29) is 23.1 Å². The van der Waals surface area contributed by atoms with Crippen molar-refractivity contribution in [3.05, 3.63) is 57.6 Å². The molecule has 1 atom stereocenters. The Morgan fingerprint density at radius 3 is 2.54 bits per heavy atom.